The van der Waals surface area contributed by atoms with E-state index in [0.717, 1.165) is 11.3 Å². The third-order valence-corrected chi connectivity index (χ3v) is 5.46. The van der Waals surface area contributed by atoms with Crippen LogP contribution in [0, 0.1) is 5.82 Å². The average Bonchev–Trinajstić information content (AvgIpc) is 3.05. The molecular formula is C15H15ClFNO3S. The van der Waals surface area contributed by atoms with Crippen LogP contribution in [0.1, 0.15) is 16.6 Å². The number of carbonyl (C=O) groups is 1. The summed E-state index contributed by atoms with van der Waals surface area (Å²) < 4.78 is 19.8. The van der Waals surface area contributed by atoms with Gasteiger partial charge in [0.15, 0.2) is 0 Å². The number of ether oxygens (including phenoxy) is 1. The maximum Gasteiger partial charge on any atom is 0.265 e. The molecule has 0 radical (unpaired) electrons. The summed E-state index contributed by atoms with van der Waals surface area (Å²) in [5.74, 6) is -0.743. The van der Waals surface area contributed by atoms with E-state index in [-0.39, 0.29) is 29.5 Å². The molecule has 0 aliphatic carbocycles. The zero-order valence-corrected chi connectivity index (χ0v) is 13.5. The van der Waals surface area contributed by atoms with Crippen LogP contribution in [0.15, 0.2) is 18.2 Å². The van der Waals surface area contributed by atoms with Crippen molar-refractivity contribution < 1.29 is 19.0 Å². The first-order chi connectivity index (χ1) is 10.5. The number of aliphatic hydroxyl groups excluding tert-OH is 1. The van der Waals surface area contributed by atoms with Crippen molar-refractivity contribution in [3.63, 3.8) is 0 Å². The van der Waals surface area contributed by atoms with Crippen LogP contribution in [0.5, 0.6) is 0 Å². The lowest BCUT2D eigenvalue weighted by Gasteiger charge is -2.28. The van der Waals surface area contributed by atoms with Gasteiger partial charge >= 0.3 is 0 Å². The number of benzene rings is 1. The van der Waals surface area contributed by atoms with Crippen molar-refractivity contribution in [2.45, 2.75) is 19.1 Å². The SMILES string of the molecule is CCN(C(=O)c1sc2cccc(F)c2c1Cl)[C@@H]1COC[C@H]1O. The van der Waals surface area contributed by atoms with Gasteiger partial charge < -0.3 is 14.7 Å². The standard InChI is InChI=1S/C15H15ClFNO3S/c1-2-18(9-6-21-7-10(9)19)15(20)14-13(16)12-8(17)4-3-5-11(12)22-14/h3-5,9-10,19H,2,6-7H2,1H3/t9-,10-/m1/s1. The minimum absolute atomic E-state index is 0.134. The number of amides is 1. The topological polar surface area (TPSA) is 49.8 Å². The number of nitrogens with zero attached hydrogens (tertiary/aromatic N) is 1. The van der Waals surface area contributed by atoms with Crippen LogP contribution in [0.25, 0.3) is 10.1 Å². The van der Waals surface area contributed by atoms with E-state index in [4.69, 9.17) is 16.3 Å². The van der Waals surface area contributed by atoms with Crippen molar-refractivity contribution in [3.05, 3.63) is 33.9 Å². The fourth-order valence-corrected chi connectivity index (χ4v) is 4.21. The molecule has 0 saturated carbocycles. The molecule has 2 heterocycles. The molecule has 1 fully saturated rings. The molecule has 0 bridgehead atoms. The molecule has 0 unspecified atom stereocenters. The molecule has 7 heteroatoms. The number of likely N-dealkylation sites (N-methyl/N-ethyl adjacent to an activating group) is 1. The number of halogens is 2. The molecule has 1 amide bonds. The van der Waals surface area contributed by atoms with Gasteiger partial charge in [-0.05, 0) is 19.1 Å². The largest absolute Gasteiger partial charge is 0.388 e. The van der Waals surface area contributed by atoms with Gasteiger partial charge in [0.1, 0.15) is 10.7 Å². The summed E-state index contributed by atoms with van der Waals surface area (Å²) >= 11 is 7.39. The van der Waals surface area contributed by atoms with Gasteiger partial charge in [-0.15, -0.1) is 11.3 Å². The number of carbonyl (C=O) groups excluding carboxylic acids is 1. The normalized spacial score (nSPS) is 21.5. The van der Waals surface area contributed by atoms with Gasteiger partial charge in [-0.1, -0.05) is 17.7 Å². The minimum atomic E-state index is -0.714. The predicted molar refractivity (Wildman–Crippen MR) is 84.1 cm³/mol. The molecule has 4 nitrogen and oxygen atoms in total. The van der Waals surface area contributed by atoms with Crippen LogP contribution in [-0.2, 0) is 4.74 Å². The van der Waals surface area contributed by atoms with Crippen molar-refractivity contribution in [2.75, 3.05) is 19.8 Å². The monoisotopic (exact) mass is 343 g/mol. The number of fused-ring (bicyclic) bond motifs is 1. The molecule has 1 aliphatic heterocycles. The predicted octanol–water partition coefficient (Wildman–Crippen LogP) is 2.92. The summed E-state index contributed by atoms with van der Waals surface area (Å²) in [6, 6.07) is 4.24. The Kier molecular flexibility index (Phi) is 4.36. The average molecular weight is 344 g/mol. The zero-order valence-electron chi connectivity index (χ0n) is 11.9. The lowest BCUT2D eigenvalue weighted by Crippen LogP contribution is -2.46. The Morgan fingerprint density at radius 3 is 2.91 bits per heavy atom. The van der Waals surface area contributed by atoms with E-state index < -0.39 is 18.0 Å². The number of thiophene rings is 1. The number of hydrogen-bond acceptors (Lipinski definition) is 4. The van der Waals surface area contributed by atoms with Crippen molar-refractivity contribution in [3.8, 4) is 0 Å². The van der Waals surface area contributed by atoms with Crippen molar-refractivity contribution in [1.82, 2.24) is 4.90 Å². The zero-order chi connectivity index (χ0) is 15.9. The van der Waals surface area contributed by atoms with Gasteiger partial charge in [0.25, 0.3) is 5.91 Å². The van der Waals surface area contributed by atoms with E-state index in [0.29, 0.717) is 16.1 Å². The van der Waals surface area contributed by atoms with E-state index in [9.17, 15) is 14.3 Å². The molecular weight excluding hydrogens is 329 g/mol. The van der Waals surface area contributed by atoms with Crippen LogP contribution in [0.3, 0.4) is 0 Å². The van der Waals surface area contributed by atoms with Crippen LogP contribution in [-0.4, -0.2) is 47.8 Å². The van der Waals surface area contributed by atoms with Gasteiger partial charge in [-0.3, -0.25) is 4.79 Å². The van der Waals surface area contributed by atoms with E-state index >= 15 is 0 Å². The Morgan fingerprint density at radius 1 is 1.55 bits per heavy atom. The second-order valence-electron chi connectivity index (χ2n) is 5.12. The van der Waals surface area contributed by atoms with Crippen LogP contribution in [0.4, 0.5) is 4.39 Å². The van der Waals surface area contributed by atoms with E-state index in [2.05, 4.69) is 0 Å². The summed E-state index contributed by atoms with van der Waals surface area (Å²) in [5.41, 5.74) is 0. The van der Waals surface area contributed by atoms with Crippen LogP contribution >= 0.6 is 22.9 Å². The highest BCUT2D eigenvalue weighted by Crippen LogP contribution is 2.38. The van der Waals surface area contributed by atoms with Crippen LogP contribution < -0.4 is 0 Å². The van der Waals surface area contributed by atoms with E-state index in [1.54, 1.807) is 12.1 Å². The highest BCUT2D eigenvalue weighted by Gasteiger charge is 2.35. The van der Waals surface area contributed by atoms with Gasteiger partial charge in [-0.2, -0.15) is 0 Å². The third kappa shape index (κ3) is 2.50. The molecule has 0 spiro atoms. The van der Waals surface area contributed by atoms with Gasteiger partial charge in [0.2, 0.25) is 0 Å². The summed E-state index contributed by atoms with van der Waals surface area (Å²) in [6.07, 6.45) is -0.714. The molecule has 2 atom stereocenters. The second-order valence-corrected chi connectivity index (χ2v) is 6.55. The summed E-state index contributed by atoms with van der Waals surface area (Å²) in [7, 11) is 0. The Hall–Kier alpha value is -1.21. The smallest absolute Gasteiger partial charge is 0.265 e. The van der Waals surface area contributed by atoms with Crippen molar-refractivity contribution in [1.29, 1.82) is 0 Å². The first kappa shape index (κ1) is 15.7. The van der Waals surface area contributed by atoms with E-state index in [1.807, 2.05) is 6.92 Å². The lowest BCUT2D eigenvalue weighted by molar-refractivity contribution is 0.0525. The molecule has 2 aromatic rings. The quantitative estimate of drug-likeness (QED) is 0.932. The number of aliphatic hydroxyl groups is 1. The molecule has 1 aromatic carbocycles. The van der Waals surface area contributed by atoms with Crippen molar-refractivity contribution in [2.24, 2.45) is 0 Å². The summed E-state index contributed by atoms with van der Waals surface area (Å²) in [4.78, 5) is 14.6. The first-order valence-corrected chi connectivity index (χ1v) is 8.17. The molecule has 3 rings (SSSR count). The maximum atomic E-state index is 13.9. The minimum Gasteiger partial charge on any atom is -0.388 e. The third-order valence-electron chi connectivity index (χ3n) is 3.82. The fourth-order valence-electron chi connectivity index (χ4n) is 2.70. The van der Waals surface area contributed by atoms with Gasteiger partial charge in [0, 0.05) is 16.6 Å². The molecule has 1 aromatic heterocycles. The molecule has 1 N–H and O–H groups in total. The maximum absolute atomic E-state index is 13.9. The molecule has 1 saturated heterocycles. The van der Waals surface area contributed by atoms with Gasteiger partial charge in [-0.25, -0.2) is 4.39 Å². The Labute approximate surface area is 136 Å². The summed E-state index contributed by atoms with van der Waals surface area (Å²) in [6.45, 7) is 2.74. The Balaban J connectivity index is 2.01. The Morgan fingerprint density at radius 2 is 2.32 bits per heavy atom. The molecule has 118 valence electrons. The van der Waals surface area contributed by atoms with Crippen LogP contribution in [0.2, 0.25) is 5.02 Å². The summed E-state index contributed by atoms with van der Waals surface area (Å²) in [5, 5.41) is 10.3. The fraction of sp³-hybridized carbons (Fsp3) is 0.400. The number of rotatable bonds is 3. The number of hydrogen-bond donors (Lipinski definition) is 1. The first-order valence-electron chi connectivity index (χ1n) is 6.97. The molecule has 22 heavy (non-hydrogen) atoms. The van der Waals surface area contributed by atoms with E-state index in [1.165, 1.54) is 11.0 Å². The second kappa shape index (κ2) is 6.12. The van der Waals surface area contributed by atoms with Crippen molar-refractivity contribution >= 4 is 38.9 Å². The van der Waals surface area contributed by atoms with Gasteiger partial charge in [0.05, 0.1) is 30.4 Å². The highest BCUT2D eigenvalue weighted by molar-refractivity contribution is 7.21. The lowest BCUT2D eigenvalue weighted by atomic mass is 10.1. The molecule has 1 aliphatic rings. The Bertz CT molecular complexity index is 720. The highest BCUT2D eigenvalue weighted by atomic mass is 35.5.